The van der Waals surface area contributed by atoms with Crippen LogP contribution in [-0.2, 0) is 11.3 Å². The van der Waals surface area contributed by atoms with E-state index in [0.717, 1.165) is 20.1 Å². The molecule has 0 atom stereocenters. The number of halogens is 1. The highest BCUT2D eigenvalue weighted by atomic mass is 127. The van der Waals surface area contributed by atoms with Crippen molar-refractivity contribution in [3.05, 3.63) is 89.7 Å². The summed E-state index contributed by atoms with van der Waals surface area (Å²) >= 11 is 2.31. The number of hydrogen-bond acceptors (Lipinski definition) is 2. The lowest BCUT2D eigenvalue weighted by Gasteiger charge is -2.29. The number of ether oxygens (including phenoxy) is 1. The molecule has 3 aromatic carbocycles. The van der Waals surface area contributed by atoms with Crippen LogP contribution in [-0.4, -0.2) is 16.5 Å². The van der Waals surface area contributed by atoms with E-state index in [1.807, 2.05) is 62.4 Å². The Kier molecular flexibility index (Phi) is 4.68. The maximum Gasteiger partial charge on any atom is 0.416 e. The van der Waals surface area contributed by atoms with E-state index in [-0.39, 0.29) is 6.09 Å². The van der Waals surface area contributed by atoms with E-state index in [1.165, 1.54) is 5.39 Å². The molecule has 1 amide bonds. The summed E-state index contributed by atoms with van der Waals surface area (Å²) < 4.78 is 6.76. The molecule has 0 bridgehead atoms. The van der Waals surface area contributed by atoms with Gasteiger partial charge in [-0.1, -0.05) is 72.8 Å². The monoisotopic (exact) mass is 469 g/mol. The third kappa shape index (κ3) is 3.23. The van der Waals surface area contributed by atoms with Gasteiger partial charge in [-0.25, -0.2) is 4.79 Å². The summed E-state index contributed by atoms with van der Waals surface area (Å²) in [6.07, 6.45) is -0.298. The van der Waals surface area contributed by atoms with Crippen LogP contribution in [0, 0.1) is 0 Å². The third-order valence-corrected chi connectivity index (χ3v) is 6.12. The first-order chi connectivity index (χ1) is 13.0. The number of carbonyl (C=O) groups is 1. The highest BCUT2D eigenvalue weighted by molar-refractivity contribution is 14.1. The van der Waals surface area contributed by atoms with E-state index < -0.39 is 5.54 Å². The van der Waals surface area contributed by atoms with Gasteiger partial charge in [0, 0.05) is 0 Å². The molecular weight excluding hydrogens is 449 g/mol. The van der Waals surface area contributed by atoms with Crippen LogP contribution in [0.1, 0.15) is 25.0 Å². The molecule has 0 N–H and O–H groups in total. The van der Waals surface area contributed by atoms with Crippen molar-refractivity contribution in [3.8, 4) is 0 Å². The van der Waals surface area contributed by atoms with Crippen molar-refractivity contribution < 1.29 is 9.53 Å². The maximum atomic E-state index is 12.7. The fraction of sp³-hybridized carbons (Fsp3) is 0.174. The summed E-state index contributed by atoms with van der Waals surface area (Å²) in [5, 5.41) is 2.33. The molecule has 3 aromatic rings. The zero-order valence-corrected chi connectivity index (χ0v) is 17.4. The Morgan fingerprint density at radius 3 is 2.41 bits per heavy atom. The molecule has 27 heavy (non-hydrogen) atoms. The van der Waals surface area contributed by atoms with Crippen LogP contribution >= 0.6 is 22.6 Å². The minimum absolute atomic E-state index is 0.298. The Labute approximate surface area is 172 Å². The summed E-state index contributed by atoms with van der Waals surface area (Å²) in [6, 6.07) is 24.5. The van der Waals surface area contributed by atoms with Gasteiger partial charge >= 0.3 is 6.09 Å². The van der Waals surface area contributed by atoms with Gasteiger partial charge in [0.2, 0.25) is 0 Å². The van der Waals surface area contributed by atoms with Crippen LogP contribution in [0.5, 0.6) is 0 Å². The van der Waals surface area contributed by atoms with E-state index >= 15 is 0 Å². The average Bonchev–Trinajstić information content (AvgIpc) is 2.91. The van der Waals surface area contributed by atoms with Crippen molar-refractivity contribution in [2.75, 3.05) is 0 Å². The van der Waals surface area contributed by atoms with Crippen LogP contribution in [0.2, 0.25) is 0 Å². The molecule has 1 aliphatic heterocycles. The number of rotatable bonds is 3. The highest BCUT2D eigenvalue weighted by Gasteiger charge is 2.46. The Balaban J connectivity index is 1.77. The molecule has 1 saturated heterocycles. The number of amides is 1. The lowest BCUT2D eigenvalue weighted by atomic mass is 9.96. The van der Waals surface area contributed by atoms with Crippen LogP contribution < -0.4 is 0 Å². The molecule has 3 nitrogen and oxygen atoms in total. The SMILES string of the molecule is CC1(C)/C(=C(\I)c2cccc3ccccc23)OC(=O)N1Cc1ccccc1. The lowest BCUT2D eigenvalue weighted by molar-refractivity contribution is 0.154. The fourth-order valence-corrected chi connectivity index (χ4v) is 4.74. The minimum atomic E-state index is -0.527. The number of cyclic esters (lactones) is 1. The molecular formula is C23H20INO2. The van der Waals surface area contributed by atoms with Gasteiger partial charge in [0.1, 0.15) is 11.3 Å². The summed E-state index contributed by atoms with van der Waals surface area (Å²) in [4.78, 5) is 14.5. The lowest BCUT2D eigenvalue weighted by Crippen LogP contribution is -2.40. The zero-order valence-electron chi connectivity index (χ0n) is 15.3. The van der Waals surface area contributed by atoms with Gasteiger partial charge < -0.3 is 4.74 Å². The minimum Gasteiger partial charge on any atom is -0.411 e. The Hall–Kier alpha value is -2.34. The zero-order chi connectivity index (χ0) is 19.0. The van der Waals surface area contributed by atoms with Crippen LogP contribution in [0.25, 0.3) is 14.4 Å². The smallest absolute Gasteiger partial charge is 0.411 e. The standard InChI is InChI=1S/C23H20INO2/c1-23(2)21(27-22(26)25(23)15-16-9-4-3-5-10-16)20(24)19-14-8-12-17-11-6-7-13-18(17)19/h3-14H,15H2,1-2H3/b21-20+. The molecule has 1 aliphatic rings. The number of nitrogens with zero attached hydrogens (tertiary/aromatic N) is 1. The maximum absolute atomic E-state index is 12.7. The second-order valence-corrected chi connectivity index (χ2v) is 8.25. The molecule has 0 unspecified atom stereocenters. The Bertz CT molecular complexity index is 1040. The van der Waals surface area contributed by atoms with Crippen molar-refractivity contribution in [1.29, 1.82) is 0 Å². The molecule has 0 aromatic heterocycles. The molecule has 1 heterocycles. The van der Waals surface area contributed by atoms with Crippen LogP contribution in [0.3, 0.4) is 0 Å². The Morgan fingerprint density at radius 1 is 0.963 bits per heavy atom. The summed E-state index contributed by atoms with van der Waals surface area (Å²) in [6.45, 7) is 4.61. The topological polar surface area (TPSA) is 29.5 Å². The van der Waals surface area contributed by atoms with Crippen LogP contribution in [0.15, 0.2) is 78.6 Å². The van der Waals surface area contributed by atoms with Crippen molar-refractivity contribution in [2.24, 2.45) is 0 Å². The normalized spacial score (nSPS) is 17.9. The number of hydrogen-bond donors (Lipinski definition) is 0. The summed E-state index contributed by atoms with van der Waals surface area (Å²) in [7, 11) is 0. The Morgan fingerprint density at radius 2 is 1.63 bits per heavy atom. The number of fused-ring (bicyclic) bond motifs is 1. The number of benzene rings is 3. The van der Waals surface area contributed by atoms with Crippen molar-refractivity contribution in [3.63, 3.8) is 0 Å². The average molecular weight is 469 g/mol. The highest BCUT2D eigenvalue weighted by Crippen LogP contribution is 2.43. The first kappa shape index (κ1) is 18.0. The van der Waals surface area contributed by atoms with E-state index in [9.17, 15) is 4.79 Å². The van der Waals surface area contributed by atoms with Crippen molar-refractivity contribution in [1.82, 2.24) is 4.90 Å². The molecule has 136 valence electrons. The quantitative estimate of drug-likeness (QED) is 0.417. The molecule has 0 aliphatic carbocycles. The van der Waals surface area contributed by atoms with Gasteiger partial charge in [-0.2, -0.15) is 0 Å². The summed E-state index contributed by atoms with van der Waals surface area (Å²) in [5.74, 6) is 0.709. The van der Waals surface area contributed by atoms with Gasteiger partial charge in [0.05, 0.1) is 10.1 Å². The second-order valence-electron chi connectivity index (χ2n) is 7.17. The van der Waals surface area contributed by atoms with Crippen LogP contribution in [0.4, 0.5) is 4.79 Å². The van der Waals surface area contributed by atoms with E-state index in [4.69, 9.17) is 4.74 Å². The predicted molar refractivity (Wildman–Crippen MR) is 117 cm³/mol. The molecule has 0 radical (unpaired) electrons. The molecule has 1 fully saturated rings. The predicted octanol–water partition coefficient (Wildman–Crippen LogP) is 6.37. The van der Waals surface area contributed by atoms with Gasteiger partial charge in [0.15, 0.2) is 0 Å². The van der Waals surface area contributed by atoms with E-state index in [1.54, 1.807) is 4.90 Å². The van der Waals surface area contributed by atoms with Gasteiger partial charge in [-0.15, -0.1) is 0 Å². The van der Waals surface area contributed by atoms with Crippen molar-refractivity contribution >= 4 is 43.0 Å². The second kappa shape index (κ2) is 7.00. The number of carbonyl (C=O) groups excluding carboxylic acids is 1. The molecule has 4 heteroatoms. The van der Waals surface area contributed by atoms with Gasteiger partial charge in [0.25, 0.3) is 0 Å². The molecule has 0 saturated carbocycles. The first-order valence-corrected chi connectivity index (χ1v) is 9.98. The molecule has 0 spiro atoms. The largest absolute Gasteiger partial charge is 0.416 e. The molecule has 4 rings (SSSR count). The summed E-state index contributed by atoms with van der Waals surface area (Å²) in [5.41, 5.74) is 1.65. The van der Waals surface area contributed by atoms with Crippen molar-refractivity contribution in [2.45, 2.75) is 25.9 Å². The van der Waals surface area contributed by atoms with E-state index in [2.05, 4.69) is 46.9 Å². The fourth-order valence-electron chi connectivity index (χ4n) is 3.50. The van der Waals surface area contributed by atoms with E-state index in [0.29, 0.717) is 12.3 Å². The first-order valence-electron chi connectivity index (χ1n) is 8.90. The van der Waals surface area contributed by atoms with Gasteiger partial charge in [-0.05, 0) is 58.3 Å². The van der Waals surface area contributed by atoms with Gasteiger partial charge in [-0.3, -0.25) is 4.90 Å². The third-order valence-electron chi connectivity index (χ3n) is 5.05.